The van der Waals surface area contributed by atoms with Crippen molar-refractivity contribution in [1.29, 1.82) is 0 Å². The largest absolute Gasteiger partial charge is 0.376 e. The van der Waals surface area contributed by atoms with Gasteiger partial charge in [-0.25, -0.2) is 0 Å². The third-order valence-electron chi connectivity index (χ3n) is 4.27. The SMILES string of the molecule is CC(C)=CCN1CCC(NC(=O)COC[C@@H]2CCCO2)CC1. The van der Waals surface area contributed by atoms with Gasteiger partial charge in [0.05, 0.1) is 12.7 Å². The van der Waals surface area contributed by atoms with Gasteiger partial charge in [0.2, 0.25) is 5.91 Å². The van der Waals surface area contributed by atoms with Crippen molar-refractivity contribution in [2.24, 2.45) is 0 Å². The van der Waals surface area contributed by atoms with Crippen LogP contribution >= 0.6 is 0 Å². The van der Waals surface area contributed by atoms with Crippen LogP contribution in [0.3, 0.4) is 0 Å². The number of carbonyl (C=O) groups is 1. The highest BCUT2D eigenvalue weighted by atomic mass is 16.5. The molecule has 0 saturated carbocycles. The van der Waals surface area contributed by atoms with Crippen molar-refractivity contribution < 1.29 is 14.3 Å². The Bertz CT molecular complexity index is 366. The first-order valence-electron chi connectivity index (χ1n) is 8.48. The van der Waals surface area contributed by atoms with E-state index in [1.807, 2.05) is 0 Å². The lowest BCUT2D eigenvalue weighted by Crippen LogP contribution is -2.45. The first-order chi connectivity index (χ1) is 10.6. The molecule has 2 heterocycles. The van der Waals surface area contributed by atoms with Gasteiger partial charge in [0, 0.05) is 32.3 Å². The van der Waals surface area contributed by atoms with Crippen LogP contribution in [-0.2, 0) is 14.3 Å². The minimum atomic E-state index is 0.000690. The van der Waals surface area contributed by atoms with Crippen molar-refractivity contribution in [3.63, 3.8) is 0 Å². The number of nitrogens with one attached hydrogen (secondary N) is 1. The number of likely N-dealkylation sites (tertiary alicyclic amines) is 1. The summed E-state index contributed by atoms with van der Waals surface area (Å²) in [6.45, 7) is 8.88. The fourth-order valence-corrected chi connectivity index (χ4v) is 2.90. The van der Waals surface area contributed by atoms with Gasteiger partial charge in [-0.15, -0.1) is 0 Å². The second-order valence-electron chi connectivity index (χ2n) is 6.57. The van der Waals surface area contributed by atoms with Crippen molar-refractivity contribution in [2.45, 2.75) is 51.7 Å². The summed E-state index contributed by atoms with van der Waals surface area (Å²) in [5, 5.41) is 3.08. The summed E-state index contributed by atoms with van der Waals surface area (Å²) in [5.74, 6) is 0.000690. The number of amides is 1. The molecule has 5 nitrogen and oxygen atoms in total. The zero-order valence-corrected chi connectivity index (χ0v) is 14.0. The van der Waals surface area contributed by atoms with Gasteiger partial charge in [0.15, 0.2) is 0 Å². The number of piperidine rings is 1. The summed E-state index contributed by atoms with van der Waals surface area (Å²) in [4.78, 5) is 14.3. The Morgan fingerprint density at radius 3 is 2.73 bits per heavy atom. The van der Waals surface area contributed by atoms with E-state index >= 15 is 0 Å². The molecule has 0 spiro atoms. The molecule has 0 radical (unpaired) electrons. The van der Waals surface area contributed by atoms with E-state index in [2.05, 4.69) is 30.1 Å². The standard InChI is InChI=1S/C17H30N2O3/c1-14(2)5-8-19-9-6-15(7-10-19)18-17(20)13-21-12-16-4-3-11-22-16/h5,15-16H,3-4,6-13H2,1-2H3,(H,18,20)/t16-/m0/s1. The first-order valence-corrected chi connectivity index (χ1v) is 8.48. The van der Waals surface area contributed by atoms with Crippen molar-refractivity contribution in [3.05, 3.63) is 11.6 Å². The third kappa shape index (κ3) is 6.46. The van der Waals surface area contributed by atoms with E-state index < -0.39 is 0 Å². The summed E-state index contributed by atoms with van der Waals surface area (Å²) in [7, 11) is 0. The van der Waals surface area contributed by atoms with Crippen LogP contribution in [0.2, 0.25) is 0 Å². The number of rotatable bonds is 7. The molecule has 22 heavy (non-hydrogen) atoms. The van der Waals surface area contributed by atoms with E-state index in [1.54, 1.807) is 0 Å². The van der Waals surface area contributed by atoms with Crippen LogP contribution in [0, 0.1) is 0 Å². The molecule has 2 aliphatic rings. The highest BCUT2D eigenvalue weighted by Gasteiger charge is 2.20. The zero-order chi connectivity index (χ0) is 15.8. The van der Waals surface area contributed by atoms with Gasteiger partial charge in [0.25, 0.3) is 0 Å². The summed E-state index contributed by atoms with van der Waals surface area (Å²) in [6, 6.07) is 0.293. The normalized spacial score (nSPS) is 23.5. The van der Waals surface area contributed by atoms with Gasteiger partial charge < -0.3 is 14.8 Å². The van der Waals surface area contributed by atoms with Gasteiger partial charge >= 0.3 is 0 Å². The predicted octanol–water partition coefficient (Wildman–Crippen LogP) is 1.73. The van der Waals surface area contributed by atoms with Crippen molar-refractivity contribution in [1.82, 2.24) is 10.2 Å². The predicted molar refractivity (Wildman–Crippen MR) is 86.8 cm³/mol. The van der Waals surface area contributed by atoms with E-state index in [9.17, 15) is 4.79 Å². The quantitative estimate of drug-likeness (QED) is 0.728. The highest BCUT2D eigenvalue weighted by molar-refractivity contribution is 5.77. The first kappa shape index (κ1) is 17.4. The van der Waals surface area contributed by atoms with Crippen LogP contribution in [-0.4, -0.2) is 62.4 Å². The molecule has 0 unspecified atom stereocenters. The summed E-state index contributed by atoms with van der Waals surface area (Å²) >= 11 is 0. The second kappa shape index (κ2) is 9.28. The molecule has 0 aromatic carbocycles. The lowest BCUT2D eigenvalue weighted by Gasteiger charge is -2.31. The maximum absolute atomic E-state index is 11.9. The van der Waals surface area contributed by atoms with E-state index in [4.69, 9.17) is 9.47 Å². The van der Waals surface area contributed by atoms with Crippen LogP contribution < -0.4 is 5.32 Å². The topological polar surface area (TPSA) is 50.8 Å². The molecule has 2 rings (SSSR count). The molecule has 1 N–H and O–H groups in total. The van der Waals surface area contributed by atoms with E-state index in [0.29, 0.717) is 12.6 Å². The van der Waals surface area contributed by atoms with Crippen LogP contribution in [0.1, 0.15) is 39.5 Å². The average Bonchev–Trinajstić information content (AvgIpc) is 3.00. The fraction of sp³-hybridized carbons (Fsp3) is 0.824. The molecule has 0 aromatic rings. The molecule has 0 bridgehead atoms. The van der Waals surface area contributed by atoms with E-state index in [1.165, 1.54) is 5.57 Å². The van der Waals surface area contributed by atoms with Gasteiger partial charge in [-0.05, 0) is 39.5 Å². The molecular weight excluding hydrogens is 280 g/mol. The minimum Gasteiger partial charge on any atom is -0.376 e. The highest BCUT2D eigenvalue weighted by Crippen LogP contribution is 2.12. The molecule has 1 amide bonds. The maximum Gasteiger partial charge on any atom is 0.246 e. The van der Waals surface area contributed by atoms with Crippen LogP contribution in [0.5, 0.6) is 0 Å². The van der Waals surface area contributed by atoms with Crippen LogP contribution in [0.15, 0.2) is 11.6 Å². The van der Waals surface area contributed by atoms with Gasteiger partial charge in [-0.1, -0.05) is 11.6 Å². The van der Waals surface area contributed by atoms with E-state index in [-0.39, 0.29) is 18.6 Å². The number of hydrogen-bond donors (Lipinski definition) is 1. The number of nitrogens with zero attached hydrogens (tertiary/aromatic N) is 1. The number of allylic oxidation sites excluding steroid dienone is 1. The fourth-order valence-electron chi connectivity index (χ4n) is 2.90. The number of ether oxygens (including phenoxy) is 2. The Labute approximate surface area is 134 Å². The van der Waals surface area contributed by atoms with Gasteiger partial charge in [-0.3, -0.25) is 9.69 Å². The molecule has 5 heteroatoms. The minimum absolute atomic E-state index is 0.000690. The Morgan fingerprint density at radius 2 is 2.09 bits per heavy atom. The Kier molecular flexibility index (Phi) is 7.36. The van der Waals surface area contributed by atoms with Gasteiger partial charge in [0.1, 0.15) is 6.61 Å². The van der Waals surface area contributed by atoms with Crippen LogP contribution in [0.25, 0.3) is 0 Å². The van der Waals surface area contributed by atoms with E-state index in [0.717, 1.165) is 51.9 Å². The summed E-state index contributed by atoms with van der Waals surface area (Å²) in [6.07, 6.45) is 6.64. The molecule has 2 aliphatic heterocycles. The molecule has 1 atom stereocenters. The number of hydrogen-bond acceptors (Lipinski definition) is 4. The Hall–Kier alpha value is -0.910. The lowest BCUT2D eigenvalue weighted by atomic mass is 10.0. The summed E-state index contributed by atoms with van der Waals surface area (Å²) < 4.78 is 10.9. The Balaban J connectivity index is 1.55. The second-order valence-corrected chi connectivity index (χ2v) is 6.57. The number of carbonyl (C=O) groups excluding carboxylic acids is 1. The molecular formula is C17H30N2O3. The lowest BCUT2D eigenvalue weighted by molar-refractivity contribution is -0.127. The summed E-state index contributed by atoms with van der Waals surface area (Å²) in [5.41, 5.74) is 1.36. The molecule has 2 saturated heterocycles. The smallest absolute Gasteiger partial charge is 0.246 e. The Morgan fingerprint density at radius 1 is 1.32 bits per heavy atom. The van der Waals surface area contributed by atoms with Crippen LogP contribution in [0.4, 0.5) is 0 Å². The molecule has 2 fully saturated rings. The molecule has 0 aliphatic carbocycles. The zero-order valence-electron chi connectivity index (χ0n) is 14.0. The van der Waals surface area contributed by atoms with Crippen molar-refractivity contribution >= 4 is 5.91 Å². The van der Waals surface area contributed by atoms with Gasteiger partial charge in [-0.2, -0.15) is 0 Å². The maximum atomic E-state index is 11.9. The third-order valence-corrected chi connectivity index (χ3v) is 4.27. The van der Waals surface area contributed by atoms with Crippen molar-refractivity contribution in [2.75, 3.05) is 39.5 Å². The molecule has 126 valence electrons. The monoisotopic (exact) mass is 310 g/mol. The molecule has 0 aromatic heterocycles. The van der Waals surface area contributed by atoms with Crippen molar-refractivity contribution in [3.8, 4) is 0 Å². The average molecular weight is 310 g/mol.